The second kappa shape index (κ2) is 13.5. The van der Waals surface area contributed by atoms with Crippen LogP contribution in [0.25, 0.3) is 33.7 Å². The number of anilines is 1. The quantitative estimate of drug-likeness (QED) is 0.0472. The largest absolute Gasteiger partial charge is 1.00 e. The van der Waals surface area contributed by atoms with Gasteiger partial charge in [0.2, 0.25) is 5.95 Å². The number of aliphatic hydroxyl groups excluding tert-OH is 3. The maximum Gasteiger partial charge on any atom is 1.00 e. The summed E-state index contributed by atoms with van der Waals surface area (Å²) in [5.74, 6) is -0.0624. The number of nitrogens with one attached hydrogen (secondary N) is 3. The van der Waals surface area contributed by atoms with E-state index in [1.807, 2.05) is 18.8 Å². The van der Waals surface area contributed by atoms with Crippen molar-refractivity contribution in [2.45, 2.75) is 38.7 Å². The first-order valence-corrected chi connectivity index (χ1v) is 13.5. The number of hydrogen-bond donors (Lipinski definition) is 8. The second-order valence-electron chi connectivity index (χ2n) is 9.13. The number of imidazole rings is 1. The minimum atomic E-state index is -5.14. The molecule has 0 amide bonds. The zero-order valence-corrected chi connectivity index (χ0v) is 25.8. The molecule has 5 rings (SSSR count). The van der Waals surface area contributed by atoms with Crippen molar-refractivity contribution in [1.29, 1.82) is 0 Å². The first-order chi connectivity index (χ1) is 19.6. The zero-order chi connectivity index (χ0) is 30.9. The maximum absolute atomic E-state index is 12.2. The van der Waals surface area contributed by atoms with Crippen molar-refractivity contribution in [3.8, 4) is 11.5 Å². The van der Waals surface area contributed by atoms with E-state index in [0.717, 1.165) is 11.1 Å². The van der Waals surface area contributed by atoms with Gasteiger partial charge in [-0.25, -0.2) is 14.8 Å². The molecular weight excluding hydrogens is 604 g/mol. The van der Waals surface area contributed by atoms with Crippen LogP contribution in [0.5, 0.6) is 0 Å². The number of benzene rings is 1. The molecule has 224 valence electrons. The van der Waals surface area contributed by atoms with Gasteiger partial charge in [0.25, 0.3) is 18.9 Å². The fourth-order valence-corrected chi connectivity index (χ4v) is 4.26. The maximum atomic E-state index is 12.2. The van der Waals surface area contributed by atoms with E-state index >= 15 is 0 Å². The summed E-state index contributed by atoms with van der Waals surface area (Å²) in [5, 5.41) is 30.5. The van der Waals surface area contributed by atoms with Crippen LogP contribution >= 0.6 is 7.82 Å². The van der Waals surface area contributed by atoms with Crippen molar-refractivity contribution >= 4 is 36.0 Å². The van der Waals surface area contributed by atoms with Crippen molar-refractivity contribution < 1.29 is 63.8 Å². The average Bonchev–Trinajstić information content (AvgIpc) is 3.37. The summed E-state index contributed by atoms with van der Waals surface area (Å²) in [6.07, 6.45) is -4.09. The van der Waals surface area contributed by atoms with Gasteiger partial charge < -0.3 is 44.9 Å². The summed E-state index contributed by atoms with van der Waals surface area (Å²) in [4.78, 5) is 76.8. The number of aryl methyl sites for hydroxylation is 2. The van der Waals surface area contributed by atoms with Crippen molar-refractivity contribution in [2.24, 2.45) is 0 Å². The van der Waals surface area contributed by atoms with E-state index in [1.54, 1.807) is 12.1 Å². The van der Waals surface area contributed by atoms with Crippen LogP contribution in [0.2, 0.25) is 0 Å². The van der Waals surface area contributed by atoms with E-state index in [9.17, 15) is 39.2 Å². The third-order valence-corrected chi connectivity index (χ3v) is 6.57. The molecule has 1 aromatic carbocycles. The van der Waals surface area contributed by atoms with Crippen LogP contribution in [-0.2, 0) is 15.6 Å². The van der Waals surface area contributed by atoms with Crippen molar-refractivity contribution in [1.82, 2.24) is 39.5 Å². The molecule has 1 unspecified atom stereocenters. The fraction of sp³-hybridized carbons (Fsp3) is 0.318. The van der Waals surface area contributed by atoms with E-state index < -0.39 is 50.5 Å². The van der Waals surface area contributed by atoms with Gasteiger partial charge in [-0.05, 0) is 37.1 Å². The normalized spacial score (nSPS) is 14.9. The summed E-state index contributed by atoms with van der Waals surface area (Å²) >= 11 is 0. The number of rotatable bonds is 7. The first kappa shape index (κ1) is 34.1. The second-order valence-corrected chi connectivity index (χ2v) is 10.3. The Kier molecular flexibility index (Phi) is 10.7. The van der Waals surface area contributed by atoms with Crippen molar-refractivity contribution in [3.05, 3.63) is 60.8 Å². The number of nitrogen functional groups attached to an aromatic ring is 1. The number of aromatic nitrogens is 8. The van der Waals surface area contributed by atoms with E-state index in [2.05, 4.69) is 34.4 Å². The van der Waals surface area contributed by atoms with Crippen molar-refractivity contribution in [3.63, 3.8) is 0 Å². The minimum absolute atomic E-state index is 0. The molecule has 3 aromatic rings. The van der Waals surface area contributed by atoms with Crippen LogP contribution in [0.3, 0.4) is 0 Å². The number of phosphoric ester groups is 1. The van der Waals surface area contributed by atoms with Gasteiger partial charge in [-0.15, -0.1) is 0 Å². The molecule has 0 fully saturated rings. The number of H-pyrrole nitrogens is 3. The van der Waals surface area contributed by atoms with Gasteiger partial charge >= 0.3 is 35.2 Å². The Labute approximate surface area is 261 Å². The third-order valence-electron chi connectivity index (χ3n) is 6.10. The Morgan fingerprint density at radius 1 is 1.05 bits per heavy atom. The number of hydrogen-bond acceptors (Lipinski definition) is 14. The SMILES string of the molecule is Cc1cc2nc3c(=O)[nH]c(=O)nc-3n(C[C@H](O)[C@H](O)[C@H](O)COP(=O)([O-])O)c2cc1C.Nc1nc2[nH]cnc2c(=O)[nH]1.[Na+]. The smallest absolute Gasteiger partial charge is 0.756 e. The molecule has 2 aliphatic rings. The predicted molar refractivity (Wildman–Crippen MR) is 143 cm³/mol. The number of nitrogens with two attached hydrogens (primary N) is 1. The molecule has 2 aliphatic heterocycles. The van der Waals surface area contributed by atoms with E-state index in [-0.39, 0.29) is 58.1 Å². The molecule has 43 heavy (non-hydrogen) atoms. The Morgan fingerprint density at radius 3 is 2.40 bits per heavy atom. The Balaban J connectivity index is 0.000000352. The van der Waals surface area contributed by atoms with Gasteiger partial charge in [0.15, 0.2) is 22.7 Å². The summed E-state index contributed by atoms with van der Waals surface area (Å²) in [5.41, 5.74) is 6.19. The average molecular weight is 629 g/mol. The number of phosphoric acid groups is 1. The van der Waals surface area contributed by atoms with E-state index in [0.29, 0.717) is 16.7 Å². The number of aliphatic hydroxyl groups is 3. The Morgan fingerprint density at radius 2 is 1.72 bits per heavy atom. The van der Waals surface area contributed by atoms with E-state index in [4.69, 9.17) is 10.6 Å². The minimum Gasteiger partial charge on any atom is -0.756 e. The van der Waals surface area contributed by atoms with Crippen LogP contribution < -0.4 is 57.0 Å². The molecule has 0 saturated heterocycles. The molecule has 0 aliphatic carbocycles. The van der Waals surface area contributed by atoms with Gasteiger partial charge in [-0.2, -0.15) is 9.97 Å². The molecule has 21 heteroatoms. The van der Waals surface area contributed by atoms with Crippen LogP contribution in [-0.4, -0.2) is 84.6 Å². The molecule has 0 spiro atoms. The molecule has 2 aromatic heterocycles. The molecule has 9 N–H and O–H groups in total. The van der Waals surface area contributed by atoms with Crippen molar-refractivity contribution in [2.75, 3.05) is 12.3 Å². The third kappa shape index (κ3) is 7.98. The summed E-state index contributed by atoms with van der Waals surface area (Å²) < 4.78 is 16.0. The summed E-state index contributed by atoms with van der Waals surface area (Å²) in [6, 6.07) is 3.40. The monoisotopic (exact) mass is 629 g/mol. The van der Waals surface area contributed by atoms with Gasteiger partial charge in [-0.3, -0.25) is 24.1 Å². The molecule has 19 nitrogen and oxygen atoms in total. The topological polar surface area (TPSA) is 311 Å². The molecule has 4 heterocycles. The van der Waals surface area contributed by atoms with E-state index in [1.165, 1.54) is 10.9 Å². The molecular formula is C22H25N9NaO10P. The molecule has 0 radical (unpaired) electrons. The van der Waals surface area contributed by atoms with Gasteiger partial charge in [0.05, 0.1) is 30.5 Å². The summed E-state index contributed by atoms with van der Waals surface area (Å²) in [6.45, 7) is 2.20. The van der Waals surface area contributed by atoms with Gasteiger partial charge in [0, 0.05) is 0 Å². The Bertz CT molecular complexity index is 1950. The van der Waals surface area contributed by atoms with Gasteiger partial charge in [-0.1, -0.05) is 0 Å². The molecule has 0 saturated carbocycles. The van der Waals surface area contributed by atoms with Crippen LogP contribution in [0.1, 0.15) is 11.1 Å². The fourth-order valence-electron chi connectivity index (χ4n) is 3.92. The number of aromatic amines is 3. The molecule has 0 bridgehead atoms. The van der Waals surface area contributed by atoms with Crippen LogP contribution in [0.15, 0.2) is 32.8 Å². The first-order valence-electron chi connectivity index (χ1n) is 12.0. The zero-order valence-electron chi connectivity index (χ0n) is 22.9. The Hall–Kier alpha value is -3.36. The summed E-state index contributed by atoms with van der Waals surface area (Å²) in [7, 11) is -5.14. The van der Waals surface area contributed by atoms with Crippen LogP contribution in [0, 0.1) is 13.8 Å². The van der Waals surface area contributed by atoms with Crippen LogP contribution in [0.4, 0.5) is 5.95 Å². The predicted octanol–water partition coefficient (Wildman–Crippen LogP) is -6.01. The standard InChI is InChI=1S/C17H21N4O9P.C5H5N5O.Na/c1-7-3-9-10(4-8(7)2)21(15-13(18-9)16(25)20-17(26)19-15)5-11(22)14(24)12(23)6-30-31(27,28)29;6-5-9-3-2(4(11)10-5)7-1-8-3;/h3-4,11-12,14,22-24H,5-6H2,1-2H3,(H,20,25,26)(H2,27,28,29);1H,(H4,6,7,8,9,10,11);/q;;+1/p-1/t11-,12+,14-;;/m0../s1. The van der Waals surface area contributed by atoms with Gasteiger partial charge in [0.1, 0.15) is 18.3 Å². The molecule has 4 atom stereocenters. The number of fused-ring (bicyclic) bond motifs is 3. The number of nitrogens with zero attached hydrogens (tertiary/aromatic N) is 5.